The van der Waals surface area contributed by atoms with E-state index in [9.17, 15) is 0 Å². The molecule has 0 atom stereocenters. The molecule has 0 saturated carbocycles. The van der Waals surface area contributed by atoms with Crippen molar-refractivity contribution in [1.29, 1.82) is 0 Å². The molecular weight excluding hydrogens is 599 g/mol. The Labute approximate surface area is 261 Å². The van der Waals surface area contributed by atoms with E-state index < -0.39 is 0 Å². The smallest absolute Gasteiger partial charge is 1.00 e. The molecule has 0 nitrogen and oxygen atoms in total. The maximum absolute atomic E-state index is 3.34. The molecule has 0 unspecified atom stereocenters. The molecule has 3 aliphatic rings. The molecule has 1 heterocycles. The van der Waals surface area contributed by atoms with Gasteiger partial charge in [-0.3, -0.25) is 0 Å². The van der Waals surface area contributed by atoms with Gasteiger partial charge in [-0.25, -0.2) is 0 Å². The average molecular weight is 629 g/mol. The normalized spacial score (nSPS) is 14.6. The number of allylic oxidation sites excluding steroid dienone is 8. The standard InChI is InChI=1S/2C15H11.C4H8Si.2ClH.Zr/c2*1-2-6-12(5-1)15-10-9-13-7-3-4-8-14(13)11-15;1-2-4-5-3-1;;;/h2*1,3-5,7-11H,2H2;1-4H2;2*1H;/q2*-1;;;;+4/p-2. The van der Waals surface area contributed by atoms with Crippen molar-refractivity contribution in [1.82, 2.24) is 0 Å². The van der Waals surface area contributed by atoms with Crippen LogP contribution in [-0.2, 0) is 26.2 Å². The fraction of sp³-hybridized carbons (Fsp3) is 0.176. The predicted molar refractivity (Wildman–Crippen MR) is 153 cm³/mol. The molecule has 0 amide bonds. The van der Waals surface area contributed by atoms with Gasteiger partial charge in [0.05, 0.1) is 0 Å². The van der Waals surface area contributed by atoms with Crippen molar-refractivity contribution < 1.29 is 51.0 Å². The van der Waals surface area contributed by atoms with Crippen molar-refractivity contribution in [3.05, 3.63) is 133 Å². The fourth-order valence-electron chi connectivity index (χ4n) is 4.54. The molecular formula is C34H30Cl2SiZr. The van der Waals surface area contributed by atoms with Gasteiger partial charge in [0, 0.05) is 9.52 Å². The van der Waals surface area contributed by atoms with Gasteiger partial charge in [0.1, 0.15) is 0 Å². The summed E-state index contributed by atoms with van der Waals surface area (Å²) in [6.45, 7) is 0. The van der Waals surface area contributed by atoms with Gasteiger partial charge in [0.15, 0.2) is 0 Å². The largest absolute Gasteiger partial charge is 4.00 e. The van der Waals surface area contributed by atoms with Gasteiger partial charge in [-0.05, 0) is 21.5 Å². The van der Waals surface area contributed by atoms with Gasteiger partial charge in [0.25, 0.3) is 0 Å². The van der Waals surface area contributed by atoms with Crippen LogP contribution in [0, 0.1) is 12.2 Å². The molecule has 0 aromatic heterocycles. The Hall–Kier alpha value is -1.96. The summed E-state index contributed by atoms with van der Waals surface area (Å²) in [5.41, 5.74) is 4.98. The van der Waals surface area contributed by atoms with Gasteiger partial charge < -0.3 is 24.8 Å². The van der Waals surface area contributed by atoms with E-state index in [4.69, 9.17) is 0 Å². The summed E-state index contributed by atoms with van der Waals surface area (Å²) in [7, 11) is 1.31. The van der Waals surface area contributed by atoms with Crippen LogP contribution in [0.1, 0.15) is 36.8 Å². The van der Waals surface area contributed by atoms with Gasteiger partial charge in [0.2, 0.25) is 0 Å². The van der Waals surface area contributed by atoms with Crippen molar-refractivity contribution in [3.63, 3.8) is 0 Å². The van der Waals surface area contributed by atoms with Gasteiger partial charge in [-0.1, -0.05) is 98.4 Å². The van der Waals surface area contributed by atoms with Gasteiger partial charge in [-0.15, -0.1) is 47.5 Å². The molecule has 2 aliphatic carbocycles. The second-order valence-corrected chi connectivity index (χ2v) is 10.5. The first kappa shape index (κ1) is 32.3. The molecule has 1 aliphatic heterocycles. The van der Waals surface area contributed by atoms with E-state index in [-0.39, 0.29) is 51.0 Å². The second kappa shape index (κ2) is 16.9. The van der Waals surface area contributed by atoms with Crippen LogP contribution in [0.4, 0.5) is 0 Å². The van der Waals surface area contributed by atoms with Crippen LogP contribution in [0.3, 0.4) is 0 Å². The van der Waals surface area contributed by atoms with E-state index in [2.05, 4.69) is 121 Å². The predicted octanol–water partition coefficient (Wildman–Crippen LogP) is 3.30. The Morgan fingerprint density at radius 3 is 1.29 bits per heavy atom. The zero-order valence-corrected chi connectivity index (χ0v) is 26.4. The summed E-state index contributed by atoms with van der Waals surface area (Å²) >= 11 is 0. The number of fused-ring (bicyclic) bond motifs is 2. The monoisotopic (exact) mass is 626 g/mol. The van der Waals surface area contributed by atoms with E-state index in [1.165, 1.54) is 78.3 Å². The Balaban J connectivity index is 0.000000212. The van der Waals surface area contributed by atoms with E-state index in [1.807, 2.05) is 0 Å². The van der Waals surface area contributed by atoms with Crippen LogP contribution in [-0.4, -0.2) is 9.52 Å². The molecule has 0 bridgehead atoms. The van der Waals surface area contributed by atoms with E-state index in [0.717, 1.165) is 12.8 Å². The number of halogens is 2. The Morgan fingerprint density at radius 1 is 0.526 bits per heavy atom. The summed E-state index contributed by atoms with van der Waals surface area (Å²) in [4.78, 5) is 0. The van der Waals surface area contributed by atoms with Crippen LogP contribution in [0.15, 0.2) is 109 Å². The van der Waals surface area contributed by atoms with Crippen LogP contribution >= 0.6 is 0 Å². The van der Waals surface area contributed by atoms with Crippen LogP contribution in [0.2, 0.25) is 12.1 Å². The minimum atomic E-state index is 0. The Morgan fingerprint density at radius 2 is 0.947 bits per heavy atom. The van der Waals surface area contributed by atoms with Crippen molar-refractivity contribution in [2.45, 2.75) is 37.8 Å². The molecule has 2 radical (unpaired) electrons. The summed E-state index contributed by atoms with van der Waals surface area (Å²) in [6.07, 6.45) is 20.2. The molecule has 4 heteroatoms. The number of hydrogen-bond acceptors (Lipinski definition) is 0. The average Bonchev–Trinajstić information content (AvgIpc) is 3.74. The number of hydrogen-bond donors (Lipinski definition) is 0. The zero-order chi connectivity index (χ0) is 23.7. The fourth-order valence-corrected chi connectivity index (χ4v) is 5.79. The van der Waals surface area contributed by atoms with Gasteiger partial charge in [-0.2, -0.15) is 35.5 Å². The number of benzene rings is 4. The van der Waals surface area contributed by atoms with Gasteiger partial charge >= 0.3 is 26.2 Å². The maximum atomic E-state index is 3.34. The van der Waals surface area contributed by atoms with E-state index >= 15 is 0 Å². The van der Waals surface area contributed by atoms with E-state index in [1.54, 1.807) is 0 Å². The summed E-state index contributed by atoms with van der Waals surface area (Å²) in [5.74, 6) is 0. The Bertz CT molecular complexity index is 1320. The van der Waals surface area contributed by atoms with Crippen LogP contribution in [0.25, 0.3) is 32.7 Å². The topological polar surface area (TPSA) is 0 Å². The third-order valence-electron chi connectivity index (χ3n) is 6.47. The summed E-state index contributed by atoms with van der Waals surface area (Å²) < 4.78 is 0. The molecule has 38 heavy (non-hydrogen) atoms. The second-order valence-electron chi connectivity index (χ2n) is 8.97. The zero-order valence-electron chi connectivity index (χ0n) is 21.4. The first-order chi connectivity index (χ1) is 17.4. The van der Waals surface area contributed by atoms with E-state index in [0.29, 0.717) is 0 Å². The minimum Gasteiger partial charge on any atom is -1.00 e. The van der Waals surface area contributed by atoms with Crippen LogP contribution in [0.5, 0.6) is 0 Å². The first-order valence-electron chi connectivity index (χ1n) is 12.6. The molecule has 1 fully saturated rings. The molecule has 0 spiro atoms. The Kier molecular flexibility index (Phi) is 14.3. The quantitative estimate of drug-likeness (QED) is 0.236. The summed E-state index contributed by atoms with van der Waals surface area (Å²) in [5, 5.41) is 5.18. The van der Waals surface area contributed by atoms with Crippen molar-refractivity contribution >= 4 is 42.2 Å². The third kappa shape index (κ3) is 8.78. The minimum absolute atomic E-state index is 0. The summed E-state index contributed by atoms with van der Waals surface area (Å²) in [6, 6.07) is 33.1. The first-order valence-corrected chi connectivity index (χ1v) is 14.0. The molecule has 7 rings (SSSR count). The number of rotatable bonds is 2. The van der Waals surface area contributed by atoms with Crippen LogP contribution < -0.4 is 24.8 Å². The van der Waals surface area contributed by atoms with Crippen molar-refractivity contribution in [2.24, 2.45) is 0 Å². The molecule has 0 N–H and O–H groups in total. The molecule has 188 valence electrons. The SMILES string of the molecule is C1CC[Si]C1.[C-]1=C(c2ccc3ccccc3c2)C=CC1.[C-]1=C(c2ccc3ccccc3c2)C=CC1.[Cl-].[Cl-].[Zr+4]. The maximum Gasteiger partial charge on any atom is 4.00 e. The third-order valence-corrected chi connectivity index (χ3v) is 7.88. The van der Waals surface area contributed by atoms with Crippen molar-refractivity contribution in [3.8, 4) is 0 Å². The molecule has 4 aromatic carbocycles. The van der Waals surface area contributed by atoms with Crippen molar-refractivity contribution in [2.75, 3.05) is 0 Å². The molecule has 4 aromatic rings. The molecule has 1 saturated heterocycles.